The molecule has 3 rings (SSSR count). The molecule has 5 nitrogen and oxygen atoms in total. The quantitative estimate of drug-likeness (QED) is 0.891. The number of benzene rings is 1. The summed E-state index contributed by atoms with van der Waals surface area (Å²) < 4.78 is 5.13. The minimum absolute atomic E-state index is 0.113. The van der Waals surface area contributed by atoms with Gasteiger partial charge in [-0.05, 0) is 43.9 Å². The lowest BCUT2D eigenvalue weighted by Crippen LogP contribution is -2.27. The van der Waals surface area contributed by atoms with Gasteiger partial charge in [0.15, 0.2) is 0 Å². The van der Waals surface area contributed by atoms with Gasteiger partial charge in [-0.25, -0.2) is 9.97 Å². The first kappa shape index (κ1) is 15.5. The van der Waals surface area contributed by atoms with Crippen LogP contribution in [0.15, 0.2) is 30.5 Å². The van der Waals surface area contributed by atoms with E-state index in [-0.39, 0.29) is 5.91 Å². The van der Waals surface area contributed by atoms with E-state index in [1.54, 1.807) is 13.3 Å². The lowest BCUT2D eigenvalue weighted by atomic mass is 10.1. The molecular weight excluding hydrogens is 290 g/mol. The second-order valence-electron chi connectivity index (χ2n) is 5.86. The standard InChI is InChI=1S/C18H21N3O2/c1-12-16(11-20-17(21-12)14-5-6-14)18(22)19-10-9-13-3-7-15(23-2)8-4-13/h3-4,7-8,11,14H,5-6,9-10H2,1-2H3,(H,19,22). The van der Waals surface area contributed by atoms with Gasteiger partial charge in [-0.1, -0.05) is 12.1 Å². The van der Waals surface area contributed by atoms with Crippen LogP contribution in [0.2, 0.25) is 0 Å². The maximum Gasteiger partial charge on any atom is 0.254 e. The minimum atomic E-state index is -0.113. The van der Waals surface area contributed by atoms with Gasteiger partial charge in [0.05, 0.1) is 18.4 Å². The van der Waals surface area contributed by atoms with Crippen molar-refractivity contribution < 1.29 is 9.53 Å². The van der Waals surface area contributed by atoms with Crippen LogP contribution < -0.4 is 10.1 Å². The third-order valence-corrected chi connectivity index (χ3v) is 4.04. The Morgan fingerprint density at radius 1 is 1.30 bits per heavy atom. The molecule has 1 heterocycles. The zero-order valence-electron chi connectivity index (χ0n) is 13.5. The number of hydrogen-bond acceptors (Lipinski definition) is 4. The summed E-state index contributed by atoms with van der Waals surface area (Å²) in [6, 6.07) is 7.85. The smallest absolute Gasteiger partial charge is 0.254 e. The van der Waals surface area contributed by atoms with Gasteiger partial charge in [-0.3, -0.25) is 4.79 Å². The van der Waals surface area contributed by atoms with E-state index in [0.29, 0.717) is 18.0 Å². The maximum atomic E-state index is 12.2. The normalized spacial score (nSPS) is 13.7. The summed E-state index contributed by atoms with van der Waals surface area (Å²) in [5.74, 6) is 2.10. The Kier molecular flexibility index (Phi) is 4.55. The number of nitrogens with one attached hydrogen (secondary N) is 1. The molecule has 23 heavy (non-hydrogen) atoms. The number of ether oxygens (including phenoxy) is 1. The lowest BCUT2D eigenvalue weighted by Gasteiger charge is -2.08. The second-order valence-corrected chi connectivity index (χ2v) is 5.86. The molecule has 5 heteroatoms. The monoisotopic (exact) mass is 311 g/mol. The van der Waals surface area contributed by atoms with Crippen molar-refractivity contribution in [2.75, 3.05) is 13.7 Å². The summed E-state index contributed by atoms with van der Waals surface area (Å²) in [6.45, 7) is 2.45. The number of aromatic nitrogens is 2. The molecule has 1 amide bonds. The highest BCUT2D eigenvalue weighted by Gasteiger charge is 2.27. The van der Waals surface area contributed by atoms with E-state index in [0.717, 1.165) is 42.1 Å². The average Bonchev–Trinajstić information content (AvgIpc) is 3.40. The molecule has 0 saturated heterocycles. The molecule has 1 aromatic carbocycles. The SMILES string of the molecule is COc1ccc(CCNC(=O)c2cnc(C3CC3)nc2C)cc1. The molecule has 1 aliphatic carbocycles. The zero-order valence-corrected chi connectivity index (χ0v) is 13.5. The Bertz CT molecular complexity index is 694. The molecule has 0 spiro atoms. The van der Waals surface area contributed by atoms with Crippen LogP contribution in [-0.2, 0) is 6.42 Å². The van der Waals surface area contributed by atoms with Gasteiger partial charge in [0.1, 0.15) is 11.6 Å². The van der Waals surface area contributed by atoms with E-state index >= 15 is 0 Å². The van der Waals surface area contributed by atoms with Crippen LogP contribution in [0.5, 0.6) is 5.75 Å². The molecule has 1 N–H and O–H groups in total. The van der Waals surface area contributed by atoms with Crippen molar-refractivity contribution in [3.63, 3.8) is 0 Å². The highest BCUT2D eigenvalue weighted by atomic mass is 16.5. The van der Waals surface area contributed by atoms with Crippen molar-refractivity contribution in [2.24, 2.45) is 0 Å². The third kappa shape index (κ3) is 3.86. The highest BCUT2D eigenvalue weighted by Crippen LogP contribution is 2.37. The van der Waals surface area contributed by atoms with Crippen LogP contribution in [0.4, 0.5) is 0 Å². The van der Waals surface area contributed by atoms with Gasteiger partial charge in [0.25, 0.3) is 5.91 Å². The molecular formula is C18H21N3O2. The summed E-state index contributed by atoms with van der Waals surface area (Å²) in [5.41, 5.74) is 2.47. The Hall–Kier alpha value is -2.43. The van der Waals surface area contributed by atoms with E-state index in [1.807, 2.05) is 31.2 Å². The van der Waals surface area contributed by atoms with Crippen LogP contribution in [0.1, 0.15) is 46.2 Å². The van der Waals surface area contributed by atoms with Gasteiger partial charge < -0.3 is 10.1 Å². The number of nitrogens with zero attached hydrogens (tertiary/aromatic N) is 2. The van der Waals surface area contributed by atoms with Crippen molar-refractivity contribution in [1.29, 1.82) is 0 Å². The van der Waals surface area contributed by atoms with Gasteiger partial charge in [-0.15, -0.1) is 0 Å². The number of amides is 1. The fourth-order valence-corrected chi connectivity index (χ4v) is 2.45. The maximum absolute atomic E-state index is 12.2. The van der Waals surface area contributed by atoms with Gasteiger partial charge in [-0.2, -0.15) is 0 Å². The van der Waals surface area contributed by atoms with Gasteiger partial charge in [0, 0.05) is 18.7 Å². The first-order valence-electron chi connectivity index (χ1n) is 7.92. The van der Waals surface area contributed by atoms with Crippen molar-refractivity contribution in [2.45, 2.75) is 32.1 Å². The fraction of sp³-hybridized carbons (Fsp3) is 0.389. The topological polar surface area (TPSA) is 64.1 Å². The highest BCUT2D eigenvalue weighted by molar-refractivity contribution is 5.94. The minimum Gasteiger partial charge on any atom is -0.497 e. The molecule has 120 valence electrons. The number of methoxy groups -OCH3 is 1. The number of rotatable bonds is 6. The molecule has 2 aromatic rings. The molecule has 0 atom stereocenters. The van der Waals surface area contributed by atoms with E-state index < -0.39 is 0 Å². The van der Waals surface area contributed by atoms with Crippen molar-refractivity contribution >= 4 is 5.91 Å². The first-order valence-corrected chi connectivity index (χ1v) is 7.92. The summed E-state index contributed by atoms with van der Waals surface area (Å²) in [5, 5.41) is 2.93. The largest absolute Gasteiger partial charge is 0.497 e. The molecule has 1 aromatic heterocycles. The Morgan fingerprint density at radius 3 is 2.65 bits per heavy atom. The third-order valence-electron chi connectivity index (χ3n) is 4.04. The number of aryl methyl sites for hydroxylation is 1. The van der Waals surface area contributed by atoms with E-state index in [2.05, 4.69) is 15.3 Å². The first-order chi connectivity index (χ1) is 11.2. The molecule has 1 saturated carbocycles. The summed E-state index contributed by atoms with van der Waals surface area (Å²) in [7, 11) is 1.65. The number of carbonyl (C=O) groups excluding carboxylic acids is 1. The van der Waals surface area contributed by atoms with Crippen molar-refractivity contribution in [3.05, 3.63) is 53.1 Å². The predicted molar refractivity (Wildman–Crippen MR) is 87.8 cm³/mol. The molecule has 0 bridgehead atoms. The summed E-state index contributed by atoms with van der Waals surface area (Å²) in [6.07, 6.45) is 4.74. The van der Waals surface area contributed by atoms with Crippen LogP contribution in [0, 0.1) is 6.92 Å². The molecule has 1 fully saturated rings. The van der Waals surface area contributed by atoms with E-state index in [4.69, 9.17) is 4.74 Å². The predicted octanol–water partition coefficient (Wildman–Crippen LogP) is 2.64. The van der Waals surface area contributed by atoms with Crippen LogP contribution >= 0.6 is 0 Å². The lowest BCUT2D eigenvalue weighted by molar-refractivity contribution is 0.0952. The Balaban J connectivity index is 1.54. The summed E-state index contributed by atoms with van der Waals surface area (Å²) in [4.78, 5) is 21.0. The van der Waals surface area contributed by atoms with Crippen LogP contribution in [-0.4, -0.2) is 29.5 Å². The molecule has 0 aliphatic heterocycles. The van der Waals surface area contributed by atoms with Gasteiger partial charge in [0.2, 0.25) is 0 Å². The van der Waals surface area contributed by atoms with E-state index in [9.17, 15) is 4.79 Å². The fourth-order valence-electron chi connectivity index (χ4n) is 2.45. The zero-order chi connectivity index (χ0) is 16.2. The average molecular weight is 311 g/mol. The number of hydrogen-bond donors (Lipinski definition) is 1. The van der Waals surface area contributed by atoms with Crippen molar-refractivity contribution in [3.8, 4) is 5.75 Å². The Morgan fingerprint density at radius 2 is 2.04 bits per heavy atom. The van der Waals surface area contributed by atoms with Crippen LogP contribution in [0.25, 0.3) is 0 Å². The molecule has 0 unspecified atom stereocenters. The molecule has 1 aliphatic rings. The van der Waals surface area contributed by atoms with E-state index in [1.165, 1.54) is 0 Å². The van der Waals surface area contributed by atoms with Gasteiger partial charge >= 0.3 is 0 Å². The second kappa shape index (κ2) is 6.77. The Labute approximate surface area is 136 Å². The summed E-state index contributed by atoms with van der Waals surface area (Å²) >= 11 is 0. The number of carbonyl (C=O) groups is 1. The van der Waals surface area contributed by atoms with Crippen LogP contribution in [0.3, 0.4) is 0 Å². The molecule has 0 radical (unpaired) electrons. The van der Waals surface area contributed by atoms with Crippen molar-refractivity contribution in [1.82, 2.24) is 15.3 Å².